The summed E-state index contributed by atoms with van der Waals surface area (Å²) in [6.07, 6.45) is 10.5. The number of fused-ring (bicyclic) bond motifs is 1. The lowest BCUT2D eigenvalue weighted by Gasteiger charge is -2.29. The van der Waals surface area contributed by atoms with Crippen LogP contribution in [-0.4, -0.2) is 65.9 Å². The van der Waals surface area contributed by atoms with E-state index in [1.54, 1.807) is 39.1 Å². The van der Waals surface area contributed by atoms with E-state index < -0.39 is 0 Å². The van der Waals surface area contributed by atoms with E-state index in [1.165, 1.54) is 0 Å². The Morgan fingerprint density at radius 2 is 1.97 bits per heavy atom. The number of carbonyl (C=O) groups excluding carboxylic acids is 2. The minimum absolute atomic E-state index is 0.0881. The molecule has 2 heterocycles. The molecule has 1 aromatic carbocycles. The molecular formula is C23H29N5O4. The Bertz CT molecular complexity index is 1070. The van der Waals surface area contributed by atoms with Gasteiger partial charge in [-0.2, -0.15) is 0 Å². The summed E-state index contributed by atoms with van der Waals surface area (Å²) in [5.41, 5.74) is 2.40. The van der Waals surface area contributed by atoms with Crippen molar-refractivity contribution in [1.29, 1.82) is 0 Å². The van der Waals surface area contributed by atoms with Crippen LogP contribution in [0, 0.1) is 0 Å². The van der Waals surface area contributed by atoms with Crippen LogP contribution < -0.4 is 10.6 Å². The number of imidazole rings is 1. The van der Waals surface area contributed by atoms with Crippen LogP contribution in [-0.2, 0) is 9.47 Å². The molecule has 2 aromatic heterocycles. The number of rotatable bonds is 8. The smallest absolute Gasteiger partial charge is 0.253 e. The zero-order valence-electron chi connectivity index (χ0n) is 18.4. The molecular weight excluding hydrogens is 410 g/mol. The standard InChI is InChI=1S/C23H29N5O4/c1-24-22(29)20-13-26-21-18(20)11-16(28-8-7-25-14-28)12-19(21)23(30)27-15-3-5-17(6-4-15)32-10-9-31-2/h7-8,11-15,17,26H,3-6,9-10H2,1-2H3,(H,24,29)(H,27,30)/t15-,17-. The summed E-state index contributed by atoms with van der Waals surface area (Å²) in [6, 6.07) is 3.80. The normalized spacial score (nSPS) is 18.6. The van der Waals surface area contributed by atoms with Gasteiger partial charge >= 0.3 is 0 Å². The van der Waals surface area contributed by atoms with E-state index in [0.29, 0.717) is 35.2 Å². The summed E-state index contributed by atoms with van der Waals surface area (Å²) in [4.78, 5) is 32.8. The predicted molar refractivity (Wildman–Crippen MR) is 120 cm³/mol. The molecule has 0 radical (unpaired) electrons. The Labute approximate surface area is 186 Å². The quantitative estimate of drug-likeness (QED) is 0.467. The van der Waals surface area contributed by atoms with E-state index in [-0.39, 0.29) is 24.0 Å². The van der Waals surface area contributed by atoms with Crippen LogP contribution in [0.15, 0.2) is 37.1 Å². The fourth-order valence-corrected chi connectivity index (χ4v) is 4.21. The molecule has 0 atom stereocenters. The van der Waals surface area contributed by atoms with Crippen molar-refractivity contribution < 1.29 is 19.1 Å². The van der Waals surface area contributed by atoms with E-state index in [0.717, 1.165) is 31.4 Å². The van der Waals surface area contributed by atoms with Gasteiger partial charge in [0.25, 0.3) is 11.8 Å². The SMILES string of the molecule is CNC(=O)c1c[nH]c2c(C(=O)N[C@H]3CC[C@H](OCCOC)CC3)cc(-n3ccnc3)cc12. The minimum Gasteiger partial charge on any atom is -0.382 e. The lowest BCUT2D eigenvalue weighted by atomic mass is 9.92. The third kappa shape index (κ3) is 4.68. The second-order valence-corrected chi connectivity index (χ2v) is 7.98. The van der Waals surface area contributed by atoms with E-state index in [1.807, 2.05) is 16.7 Å². The van der Waals surface area contributed by atoms with Crippen molar-refractivity contribution in [3.63, 3.8) is 0 Å². The van der Waals surface area contributed by atoms with E-state index in [2.05, 4.69) is 20.6 Å². The molecule has 4 rings (SSSR count). The lowest BCUT2D eigenvalue weighted by Crippen LogP contribution is -2.39. The maximum absolute atomic E-state index is 13.3. The number of H-pyrrole nitrogens is 1. The van der Waals surface area contributed by atoms with Crippen molar-refractivity contribution >= 4 is 22.7 Å². The van der Waals surface area contributed by atoms with Gasteiger partial charge in [0.2, 0.25) is 0 Å². The second-order valence-electron chi connectivity index (χ2n) is 7.98. The highest BCUT2D eigenvalue weighted by molar-refractivity contribution is 6.13. The molecule has 0 saturated heterocycles. The van der Waals surface area contributed by atoms with Crippen LogP contribution in [0.4, 0.5) is 0 Å². The zero-order valence-corrected chi connectivity index (χ0v) is 18.4. The Hall–Kier alpha value is -3.17. The van der Waals surface area contributed by atoms with Gasteiger partial charge in [-0.15, -0.1) is 0 Å². The van der Waals surface area contributed by atoms with Gasteiger partial charge in [0.15, 0.2) is 0 Å². The number of nitrogens with one attached hydrogen (secondary N) is 3. The molecule has 3 N–H and O–H groups in total. The largest absolute Gasteiger partial charge is 0.382 e. The summed E-state index contributed by atoms with van der Waals surface area (Å²) in [5.74, 6) is -0.372. The monoisotopic (exact) mass is 439 g/mol. The highest BCUT2D eigenvalue weighted by atomic mass is 16.5. The van der Waals surface area contributed by atoms with Gasteiger partial charge < -0.3 is 29.7 Å². The van der Waals surface area contributed by atoms with Crippen molar-refractivity contribution in [2.24, 2.45) is 0 Å². The molecule has 0 spiro atoms. The maximum atomic E-state index is 13.3. The number of amides is 2. The minimum atomic E-state index is -0.211. The first-order valence-electron chi connectivity index (χ1n) is 10.9. The molecule has 3 aromatic rings. The molecule has 1 aliphatic carbocycles. The molecule has 1 saturated carbocycles. The number of aromatic nitrogens is 3. The van der Waals surface area contributed by atoms with Crippen LogP contribution in [0.5, 0.6) is 0 Å². The van der Waals surface area contributed by atoms with Crippen molar-refractivity contribution in [1.82, 2.24) is 25.2 Å². The fraction of sp³-hybridized carbons (Fsp3) is 0.435. The van der Waals surface area contributed by atoms with Crippen molar-refractivity contribution in [2.45, 2.75) is 37.8 Å². The van der Waals surface area contributed by atoms with Gasteiger partial charge in [-0.3, -0.25) is 9.59 Å². The average Bonchev–Trinajstić information content (AvgIpc) is 3.49. The van der Waals surface area contributed by atoms with Gasteiger partial charge in [0.05, 0.1) is 42.3 Å². The second kappa shape index (κ2) is 9.97. The first kappa shape index (κ1) is 22.0. The third-order valence-corrected chi connectivity index (χ3v) is 5.94. The van der Waals surface area contributed by atoms with Crippen molar-refractivity contribution in [2.75, 3.05) is 27.4 Å². The number of ether oxygens (including phenoxy) is 2. The van der Waals surface area contributed by atoms with Gasteiger partial charge in [0, 0.05) is 49.9 Å². The Morgan fingerprint density at radius 3 is 2.66 bits per heavy atom. The van der Waals surface area contributed by atoms with Crippen LogP contribution in [0.3, 0.4) is 0 Å². The molecule has 0 aliphatic heterocycles. The van der Waals surface area contributed by atoms with E-state index in [4.69, 9.17) is 9.47 Å². The molecule has 9 nitrogen and oxygen atoms in total. The number of nitrogens with zero attached hydrogens (tertiary/aromatic N) is 2. The average molecular weight is 440 g/mol. The summed E-state index contributed by atoms with van der Waals surface area (Å²) in [7, 11) is 3.25. The van der Waals surface area contributed by atoms with Crippen LogP contribution >= 0.6 is 0 Å². The van der Waals surface area contributed by atoms with E-state index in [9.17, 15) is 9.59 Å². The third-order valence-electron chi connectivity index (χ3n) is 5.94. The molecule has 1 aliphatic rings. The molecule has 0 unspecified atom stereocenters. The molecule has 1 fully saturated rings. The highest BCUT2D eigenvalue weighted by Crippen LogP contribution is 2.27. The molecule has 32 heavy (non-hydrogen) atoms. The molecule has 0 bridgehead atoms. The van der Waals surface area contributed by atoms with Gasteiger partial charge in [0.1, 0.15) is 0 Å². The number of benzene rings is 1. The Morgan fingerprint density at radius 1 is 1.16 bits per heavy atom. The summed E-state index contributed by atoms with van der Waals surface area (Å²) >= 11 is 0. The van der Waals surface area contributed by atoms with Gasteiger partial charge in [-0.25, -0.2) is 4.98 Å². The Kier molecular flexibility index (Phi) is 6.87. The first-order valence-corrected chi connectivity index (χ1v) is 10.9. The van der Waals surface area contributed by atoms with E-state index >= 15 is 0 Å². The topological polar surface area (TPSA) is 110 Å². The fourth-order valence-electron chi connectivity index (χ4n) is 4.21. The van der Waals surface area contributed by atoms with Crippen LogP contribution in [0.25, 0.3) is 16.6 Å². The number of aromatic amines is 1. The highest BCUT2D eigenvalue weighted by Gasteiger charge is 2.25. The first-order chi connectivity index (χ1) is 15.6. The zero-order chi connectivity index (χ0) is 22.5. The summed E-state index contributed by atoms with van der Waals surface area (Å²) < 4.78 is 12.7. The molecule has 2 amide bonds. The van der Waals surface area contributed by atoms with Gasteiger partial charge in [-0.1, -0.05) is 0 Å². The Balaban J connectivity index is 1.55. The lowest BCUT2D eigenvalue weighted by molar-refractivity contribution is -0.00408. The van der Waals surface area contributed by atoms with Crippen molar-refractivity contribution in [3.05, 3.63) is 48.2 Å². The van der Waals surface area contributed by atoms with Gasteiger partial charge in [-0.05, 0) is 37.8 Å². The maximum Gasteiger partial charge on any atom is 0.253 e. The summed E-state index contributed by atoms with van der Waals surface area (Å²) in [5, 5.41) is 6.52. The molecule has 9 heteroatoms. The number of hydrogen-bond acceptors (Lipinski definition) is 5. The predicted octanol–water partition coefficient (Wildman–Crippen LogP) is 2.42. The van der Waals surface area contributed by atoms with Crippen molar-refractivity contribution in [3.8, 4) is 5.69 Å². The van der Waals surface area contributed by atoms with Crippen LogP contribution in [0.2, 0.25) is 0 Å². The molecule has 170 valence electrons. The number of hydrogen-bond donors (Lipinski definition) is 3. The van der Waals surface area contributed by atoms with Crippen LogP contribution in [0.1, 0.15) is 46.4 Å². The number of methoxy groups -OCH3 is 1. The number of carbonyl (C=O) groups is 2. The summed E-state index contributed by atoms with van der Waals surface area (Å²) in [6.45, 7) is 1.19.